The Hall–Kier alpha value is -2.08. The van der Waals surface area contributed by atoms with Crippen LogP contribution in [0.15, 0.2) is 30.3 Å². The Morgan fingerprint density at radius 1 is 0.871 bits per heavy atom. The Morgan fingerprint density at radius 2 is 1.61 bits per heavy atom. The highest BCUT2D eigenvalue weighted by Gasteiger charge is 2.26. The van der Waals surface area contributed by atoms with E-state index < -0.39 is 0 Å². The zero-order chi connectivity index (χ0) is 21.5. The number of nitrogens with zero attached hydrogens (tertiary/aromatic N) is 3. The van der Waals surface area contributed by atoms with Gasteiger partial charge >= 0.3 is 0 Å². The first-order valence-corrected chi connectivity index (χ1v) is 12.2. The lowest BCUT2D eigenvalue weighted by Crippen LogP contribution is -2.51. The van der Waals surface area contributed by atoms with E-state index in [1.54, 1.807) is 0 Å². The predicted molar refractivity (Wildman–Crippen MR) is 124 cm³/mol. The van der Waals surface area contributed by atoms with Gasteiger partial charge in [0.2, 0.25) is 11.8 Å². The number of benzene rings is 1. The molecule has 1 aromatic rings. The summed E-state index contributed by atoms with van der Waals surface area (Å²) in [6, 6.07) is 10.5. The maximum Gasteiger partial charge on any atom is 0.234 e. The molecule has 0 radical (unpaired) electrons. The second-order valence-electron chi connectivity index (χ2n) is 9.61. The normalized spacial score (nSPS) is 23.2. The van der Waals surface area contributed by atoms with Crippen LogP contribution in [-0.2, 0) is 9.59 Å². The molecule has 31 heavy (non-hydrogen) atoms. The Balaban J connectivity index is 1.11. The van der Waals surface area contributed by atoms with Crippen LogP contribution in [0.4, 0.5) is 5.69 Å². The Kier molecular flexibility index (Phi) is 7.84. The van der Waals surface area contributed by atoms with E-state index in [9.17, 15) is 9.59 Å². The van der Waals surface area contributed by atoms with Crippen molar-refractivity contribution in [2.75, 3.05) is 57.3 Å². The number of carbonyl (C=O) groups excluding carboxylic acids is 2. The number of hydrogen-bond acceptors (Lipinski definition) is 4. The van der Waals surface area contributed by atoms with Crippen molar-refractivity contribution in [3.63, 3.8) is 0 Å². The van der Waals surface area contributed by atoms with Gasteiger partial charge in [0.05, 0.1) is 6.54 Å². The maximum absolute atomic E-state index is 12.6. The average molecular weight is 427 g/mol. The summed E-state index contributed by atoms with van der Waals surface area (Å²) in [5, 5.41) is 3.14. The number of hydrogen-bond donors (Lipinski definition) is 1. The molecular formula is C25H38N4O2. The van der Waals surface area contributed by atoms with E-state index in [0.717, 1.165) is 58.7 Å². The summed E-state index contributed by atoms with van der Waals surface area (Å²) in [6.07, 6.45) is 8.18. The summed E-state index contributed by atoms with van der Waals surface area (Å²) in [5.74, 6) is 1.54. The first-order chi connectivity index (χ1) is 15.2. The molecule has 1 saturated carbocycles. The summed E-state index contributed by atoms with van der Waals surface area (Å²) in [4.78, 5) is 31.7. The fourth-order valence-electron chi connectivity index (χ4n) is 5.31. The van der Waals surface area contributed by atoms with Crippen molar-refractivity contribution in [2.45, 2.75) is 44.9 Å². The van der Waals surface area contributed by atoms with Gasteiger partial charge in [0, 0.05) is 57.9 Å². The average Bonchev–Trinajstić information content (AvgIpc) is 3.29. The first-order valence-electron chi connectivity index (χ1n) is 12.2. The standard InChI is InChI=1S/C25H38N4O2/c30-24(26-18-22-11-12-29(19-22)23-9-5-2-6-10-23)20-27-13-15-28(16-14-27)25(31)17-21-7-3-1-4-8-21/h2,5-6,9-10,21-22H,1,3-4,7-8,11-20H2,(H,26,30). The number of carbonyl (C=O) groups is 2. The summed E-state index contributed by atoms with van der Waals surface area (Å²) >= 11 is 0. The second-order valence-corrected chi connectivity index (χ2v) is 9.61. The lowest BCUT2D eigenvalue weighted by atomic mass is 9.86. The van der Waals surface area contributed by atoms with Gasteiger partial charge in [-0.25, -0.2) is 0 Å². The van der Waals surface area contributed by atoms with Crippen molar-refractivity contribution in [1.82, 2.24) is 15.1 Å². The lowest BCUT2D eigenvalue weighted by molar-refractivity contribution is -0.134. The molecule has 1 unspecified atom stereocenters. The third-order valence-corrected chi connectivity index (χ3v) is 7.28. The molecule has 1 aromatic carbocycles. The Labute approximate surface area is 187 Å². The molecule has 1 atom stereocenters. The minimum absolute atomic E-state index is 0.111. The van der Waals surface area contributed by atoms with Crippen molar-refractivity contribution < 1.29 is 9.59 Å². The smallest absolute Gasteiger partial charge is 0.234 e. The van der Waals surface area contributed by atoms with E-state index in [1.165, 1.54) is 37.8 Å². The molecule has 1 N–H and O–H groups in total. The zero-order valence-electron chi connectivity index (χ0n) is 18.8. The molecule has 170 valence electrons. The molecule has 4 rings (SSSR count). The number of amides is 2. The topological polar surface area (TPSA) is 55.9 Å². The van der Waals surface area contributed by atoms with Crippen molar-refractivity contribution in [1.29, 1.82) is 0 Å². The number of nitrogens with one attached hydrogen (secondary N) is 1. The molecule has 2 saturated heterocycles. The molecule has 6 heteroatoms. The minimum Gasteiger partial charge on any atom is -0.371 e. The minimum atomic E-state index is 0.111. The van der Waals surface area contributed by atoms with E-state index >= 15 is 0 Å². The fraction of sp³-hybridized carbons (Fsp3) is 0.680. The van der Waals surface area contributed by atoms with Crippen LogP contribution in [0, 0.1) is 11.8 Å². The molecule has 0 bridgehead atoms. The SMILES string of the molecule is O=C(CN1CCN(C(=O)CC2CCCCC2)CC1)NCC1CCN(c2ccccc2)C1. The van der Waals surface area contributed by atoms with Crippen LogP contribution in [0.25, 0.3) is 0 Å². The van der Waals surface area contributed by atoms with E-state index in [1.807, 2.05) is 11.0 Å². The van der Waals surface area contributed by atoms with Gasteiger partial charge in [-0.1, -0.05) is 37.5 Å². The van der Waals surface area contributed by atoms with E-state index in [4.69, 9.17) is 0 Å². The third-order valence-electron chi connectivity index (χ3n) is 7.28. The van der Waals surface area contributed by atoms with Gasteiger partial charge in [0.15, 0.2) is 0 Å². The van der Waals surface area contributed by atoms with Crippen LogP contribution >= 0.6 is 0 Å². The van der Waals surface area contributed by atoms with E-state index in [-0.39, 0.29) is 5.91 Å². The molecule has 2 aliphatic heterocycles. The summed E-state index contributed by atoms with van der Waals surface area (Å²) in [6.45, 7) is 6.38. The lowest BCUT2D eigenvalue weighted by Gasteiger charge is -2.35. The van der Waals surface area contributed by atoms with Crippen molar-refractivity contribution in [3.05, 3.63) is 30.3 Å². The Bertz CT molecular complexity index is 711. The number of para-hydroxylation sites is 1. The molecule has 3 fully saturated rings. The van der Waals surface area contributed by atoms with E-state index in [2.05, 4.69) is 39.4 Å². The summed E-state index contributed by atoms with van der Waals surface area (Å²) in [7, 11) is 0. The number of piperazine rings is 1. The first kappa shape index (κ1) is 22.1. The van der Waals surface area contributed by atoms with Gasteiger partial charge in [-0.15, -0.1) is 0 Å². The second kappa shape index (κ2) is 11.0. The molecule has 0 spiro atoms. The van der Waals surface area contributed by atoms with Crippen LogP contribution in [0.1, 0.15) is 44.9 Å². The largest absolute Gasteiger partial charge is 0.371 e. The highest BCUT2D eigenvalue weighted by atomic mass is 16.2. The highest BCUT2D eigenvalue weighted by Crippen LogP contribution is 2.27. The predicted octanol–water partition coefficient (Wildman–Crippen LogP) is 2.74. The van der Waals surface area contributed by atoms with Gasteiger partial charge < -0.3 is 15.1 Å². The quantitative estimate of drug-likeness (QED) is 0.728. The van der Waals surface area contributed by atoms with Gasteiger partial charge in [0.25, 0.3) is 0 Å². The summed E-state index contributed by atoms with van der Waals surface area (Å²) < 4.78 is 0. The molecule has 1 aliphatic carbocycles. The van der Waals surface area contributed by atoms with Gasteiger partial charge in [-0.3, -0.25) is 14.5 Å². The molecule has 2 heterocycles. The van der Waals surface area contributed by atoms with E-state index in [0.29, 0.717) is 24.3 Å². The highest BCUT2D eigenvalue weighted by molar-refractivity contribution is 5.78. The van der Waals surface area contributed by atoms with Crippen LogP contribution in [0.3, 0.4) is 0 Å². The number of rotatable bonds is 7. The van der Waals surface area contributed by atoms with Crippen molar-refractivity contribution >= 4 is 17.5 Å². The van der Waals surface area contributed by atoms with Gasteiger partial charge in [0.1, 0.15) is 0 Å². The van der Waals surface area contributed by atoms with Gasteiger partial charge in [-0.2, -0.15) is 0 Å². The Morgan fingerprint density at radius 3 is 2.35 bits per heavy atom. The molecule has 0 aromatic heterocycles. The molecule has 6 nitrogen and oxygen atoms in total. The molecule has 2 amide bonds. The monoisotopic (exact) mass is 426 g/mol. The van der Waals surface area contributed by atoms with Crippen LogP contribution in [0.2, 0.25) is 0 Å². The van der Waals surface area contributed by atoms with Crippen molar-refractivity contribution in [2.24, 2.45) is 11.8 Å². The van der Waals surface area contributed by atoms with Gasteiger partial charge in [-0.05, 0) is 43.2 Å². The summed E-state index contributed by atoms with van der Waals surface area (Å²) in [5.41, 5.74) is 1.27. The molecular weight excluding hydrogens is 388 g/mol. The maximum atomic E-state index is 12.6. The van der Waals surface area contributed by atoms with Crippen LogP contribution in [0.5, 0.6) is 0 Å². The third kappa shape index (κ3) is 6.45. The van der Waals surface area contributed by atoms with Crippen molar-refractivity contribution in [3.8, 4) is 0 Å². The zero-order valence-corrected chi connectivity index (χ0v) is 18.8. The van der Waals surface area contributed by atoms with Crippen LogP contribution in [-0.4, -0.2) is 74.0 Å². The fourth-order valence-corrected chi connectivity index (χ4v) is 5.31. The number of anilines is 1. The van der Waals surface area contributed by atoms with Crippen LogP contribution < -0.4 is 10.2 Å². The molecule has 3 aliphatic rings.